The monoisotopic (exact) mass is 285 g/mol. The fourth-order valence-electron chi connectivity index (χ4n) is 2.97. The van der Waals surface area contributed by atoms with Crippen molar-refractivity contribution in [3.8, 4) is 0 Å². The summed E-state index contributed by atoms with van der Waals surface area (Å²) in [5.41, 5.74) is 0. The molecule has 114 valence electrons. The van der Waals surface area contributed by atoms with E-state index >= 15 is 0 Å². The van der Waals surface area contributed by atoms with Crippen LogP contribution in [0.3, 0.4) is 0 Å². The summed E-state index contributed by atoms with van der Waals surface area (Å²) in [5, 5.41) is 11.3. The number of ketones is 1. The number of rotatable bonds is 5. The minimum absolute atomic E-state index is 0.0512. The van der Waals surface area contributed by atoms with Gasteiger partial charge in [-0.15, -0.1) is 0 Å². The van der Waals surface area contributed by atoms with E-state index < -0.39 is 6.04 Å². The maximum absolute atomic E-state index is 11.6. The SMILES string of the molecule is O=C1CCCC[C@H](C(COC2CCCCO2)[N+](=O)[O-])C1. The van der Waals surface area contributed by atoms with Crippen molar-refractivity contribution in [3.05, 3.63) is 10.1 Å². The van der Waals surface area contributed by atoms with Gasteiger partial charge in [0, 0.05) is 30.3 Å². The Morgan fingerprint density at radius 1 is 1.30 bits per heavy atom. The molecule has 0 radical (unpaired) electrons. The zero-order chi connectivity index (χ0) is 14.4. The summed E-state index contributed by atoms with van der Waals surface area (Å²) in [7, 11) is 0. The van der Waals surface area contributed by atoms with Crippen molar-refractivity contribution >= 4 is 5.78 Å². The molecule has 0 amide bonds. The van der Waals surface area contributed by atoms with Crippen LogP contribution in [0.5, 0.6) is 0 Å². The molecule has 1 heterocycles. The Balaban J connectivity index is 1.88. The van der Waals surface area contributed by atoms with Crippen molar-refractivity contribution in [3.63, 3.8) is 0 Å². The van der Waals surface area contributed by atoms with Gasteiger partial charge in [0.1, 0.15) is 12.4 Å². The highest BCUT2D eigenvalue weighted by atomic mass is 16.7. The van der Waals surface area contributed by atoms with Gasteiger partial charge in [0.15, 0.2) is 6.29 Å². The molecule has 6 heteroatoms. The summed E-state index contributed by atoms with van der Waals surface area (Å²) in [5.74, 6) is -0.0446. The van der Waals surface area contributed by atoms with E-state index in [1.165, 1.54) is 0 Å². The molecule has 2 rings (SSSR count). The van der Waals surface area contributed by atoms with Gasteiger partial charge in [0.25, 0.3) is 0 Å². The molecule has 2 fully saturated rings. The molecule has 0 spiro atoms. The minimum atomic E-state index is -0.789. The van der Waals surface area contributed by atoms with Crippen molar-refractivity contribution in [2.24, 2.45) is 5.92 Å². The molecule has 3 atom stereocenters. The zero-order valence-electron chi connectivity index (χ0n) is 11.8. The van der Waals surface area contributed by atoms with Gasteiger partial charge in [-0.1, -0.05) is 6.42 Å². The third kappa shape index (κ3) is 4.52. The summed E-state index contributed by atoms with van der Waals surface area (Å²) < 4.78 is 11.0. The molecule has 1 aliphatic heterocycles. The van der Waals surface area contributed by atoms with Crippen LogP contribution in [0.1, 0.15) is 51.4 Å². The average molecular weight is 285 g/mol. The lowest BCUT2D eigenvalue weighted by Crippen LogP contribution is -2.37. The molecular weight excluding hydrogens is 262 g/mol. The highest BCUT2D eigenvalue weighted by Crippen LogP contribution is 2.26. The number of ether oxygens (including phenoxy) is 2. The Morgan fingerprint density at radius 3 is 2.80 bits per heavy atom. The van der Waals surface area contributed by atoms with E-state index in [2.05, 4.69) is 0 Å². The van der Waals surface area contributed by atoms with Gasteiger partial charge < -0.3 is 9.47 Å². The highest BCUT2D eigenvalue weighted by Gasteiger charge is 2.35. The first-order valence-electron chi connectivity index (χ1n) is 7.55. The molecule has 0 aromatic heterocycles. The standard InChI is InChI=1S/C14H23NO5/c16-12-6-2-1-5-11(9-12)13(15(17)18)10-20-14-7-3-4-8-19-14/h11,13-14H,1-10H2/t11-,13?,14?/m0/s1. The van der Waals surface area contributed by atoms with E-state index in [1.807, 2.05) is 0 Å². The first-order chi connectivity index (χ1) is 9.66. The topological polar surface area (TPSA) is 78.7 Å². The predicted molar refractivity (Wildman–Crippen MR) is 71.9 cm³/mol. The summed E-state index contributed by atoms with van der Waals surface area (Å²) in [6.45, 7) is 0.714. The number of Topliss-reactive ketones (excluding diaryl/α,β-unsaturated/α-hetero) is 1. The molecule has 1 saturated heterocycles. The second-order valence-corrected chi connectivity index (χ2v) is 5.73. The second-order valence-electron chi connectivity index (χ2n) is 5.73. The maximum Gasteiger partial charge on any atom is 0.239 e. The second kappa shape index (κ2) is 7.69. The zero-order valence-corrected chi connectivity index (χ0v) is 11.8. The number of nitrogens with zero attached hydrogens (tertiary/aromatic N) is 1. The first kappa shape index (κ1) is 15.4. The van der Waals surface area contributed by atoms with Crippen molar-refractivity contribution in [1.29, 1.82) is 0 Å². The number of hydrogen-bond donors (Lipinski definition) is 0. The van der Waals surface area contributed by atoms with Crippen LogP contribution in [0.15, 0.2) is 0 Å². The van der Waals surface area contributed by atoms with Crippen LogP contribution < -0.4 is 0 Å². The highest BCUT2D eigenvalue weighted by molar-refractivity contribution is 5.78. The fourth-order valence-corrected chi connectivity index (χ4v) is 2.97. The van der Waals surface area contributed by atoms with E-state index in [-0.39, 0.29) is 29.5 Å². The van der Waals surface area contributed by atoms with Gasteiger partial charge in [-0.25, -0.2) is 0 Å². The fraction of sp³-hybridized carbons (Fsp3) is 0.929. The van der Waals surface area contributed by atoms with E-state index in [9.17, 15) is 14.9 Å². The van der Waals surface area contributed by atoms with Crippen LogP contribution in [-0.4, -0.2) is 36.3 Å². The van der Waals surface area contributed by atoms with Gasteiger partial charge in [-0.2, -0.15) is 0 Å². The van der Waals surface area contributed by atoms with Crippen LogP contribution in [0, 0.1) is 16.0 Å². The number of hydrogen-bond acceptors (Lipinski definition) is 5. The van der Waals surface area contributed by atoms with Crippen LogP contribution in [0.2, 0.25) is 0 Å². The molecule has 0 N–H and O–H groups in total. The Hall–Kier alpha value is -1.01. The Labute approximate surface area is 119 Å². The third-order valence-corrected chi connectivity index (χ3v) is 4.18. The van der Waals surface area contributed by atoms with Crippen LogP contribution in [0.4, 0.5) is 0 Å². The first-order valence-corrected chi connectivity index (χ1v) is 7.55. The normalized spacial score (nSPS) is 29.7. The minimum Gasteiger partial charge on any atom is -0.353 e. The lowest BCUT2D eigenvalue weighted by molar-refractivity contribution is -0.538. The van der Waals surface area contributed by atoms with Crippen molar-refractivity contribution < 1.29 is 19.2 Å². The lowest BCUT2D eigenvalue weighted by Gasteiger charge is -2.25. The molecule has 2 unspecified atom stereocenters. The van der Waals surface area contributed by atoms with E-state index in [0.29, 0.717) is 19.4 Å². The van der Waals surface area contributed by atoms with Gasteiger partial charge in [-0.3, -0.25) is 14.9 Å². The molecule has 0 aromatic carbocycles. The number of carbonyl (C=O) groups excluding carboxylic acids is 1. The van der Waals surface area contributed by atoms with Gasteiger partial charge in [-0.05, 0) is 32.1 Å². The summed E-state index contributed by atoms with van der Waals surface area (Å²) in [6.07, 6.45) is 5.92. The predicted octanol–water partition coefficient (Wildman–Crippen LogP) is 2.32. The third-order valence-electron chi connectivity index (χ3n) is 4.18. The van der Waals surface area contributed by atoms with Crippen LogP contribution >= 0.6 is 0 Å². The number of carbonyl (C=O) groups is 1. The molecular formula is C14H23NO5. The van der Waals surface area contributed by atoms with Crippen molar-refractivity contribution in [1.82, 2.24) is 0 Å². The summed E-state index contributed by atoms with van der Waals surface area (Å²) in [4.78, 5) is 22.6. The Bertz CT molecular complexity index is 340. The smallest absolute Gasteiger partial charge is 0.239 e. The largest absolute Gasteiger partial charge is 0.353 e. The van der Waals surface area contributed by atoms with E-state index in [4.69, 9.17) is 9.47 Å². The van der Waals surface area contributed by atoms with Crippen molar-refractivity contribution in [2.45, 2.75) is 63.7 Å². The maximum atomic E-state index is 11.6. The van der Waals surface area contributed by atoms with Crippen LogP contribution in [-0.2, 0) is 14.3 Å². The Morgan fingerprint density at radius 2 is 2.10 bits per heavy atom. The van der Waals surface area contributed by atoms with Gasteiger partial charge >= 0.3 is 0 Å². The van der Waals surface area contributed by atoms with Crippen LogP contribution in [0.25, 0.3) is 0 Å². The molecule has 1 saturated carbocycles. The van der Waals surface area contributed by atoms with Gasteiger partial charge in [0.05, 0.1) is 0 Å². The van der Waals surface area contributed by atoms with E-state index in [1.54, 1.807) is 0 Å². The quantitative estimate of drug-likeness (QED) is 0.440. The molecule has 2 aliphatic rings. The molecule has 6 nitrogen and oxygen atoms in total. The summed E-state index contributed by atoms with van der Waals surface area (Å²) in [6, 6.07) is -0.789. The van der Waals surface area contributed by atoms with Crippen molar-refractivity contribution in [2.75, 3.05) is 13.2 Å². The average Bonchev–Trinajstić information content (AvgIpc) is 2.64. The lowest BCUT2D eigenvalue weighted by atomic mass is 9.92. The number of nitro groups is 1. The molecule has 0 bridgehead atoms. The molecule has 0 aromatic rings. The molecule has 20 heavy (non-hydrogen) atoms. The Kier molecular flexibility index (Phi) is 5.91. The summed E-state index contributed by atoms with van der Waals surface area (Å²) >= 11 is 0. The van der Waals surface area contributed by atoms with E-state index in [0.717, 1.165) is 38.5 Å². The molecule has 1 aliphatic carbocycles. The van der Waals surface area contributed by atoms with Gasteiger partial charge in [0.2, 0.25) is 6.04 Å².